The molecule has 10 heteroatoms. The van der Waals surface area contributed by atoms with Crippen LogP contribution in [0.3, 0.4) is 0 Å². The van der Waals surface area contributed by atoms with Gasteiger partial charge >= 0.3 is 5.69 Å². The van der Waals surface area contributed by atoms with Gasteiger partial charge in [0.2, 0.25) is 5.82 Å². The molecule has 0 radical (unpaired) electrons. The van der Waals surface area contributed by atoms with Crippen LogP contribution < -0.4 is 16.6 Å². The van der Waals surface area contributed by atoms with E-state index in [0.29, 0.717) is 6.54 Å². The maximum absolute atomic E-state index is 12.2. The summed E-state index contributed by atoms with van der Waals surface area (Å²) in [6.07, 6.45) is 0.796. The number of nitrogens with one attached hydrogen (secondary N) is 1. The average Bonchev–Trinajstić information content (AvgIpc) is 2.64. The highest BCUT2D eigenvalue weighted by molar-refractivity contribution is 5.91. The first kappa shape index (κ1) is 18.7. The van der Waals surface area contributed by atoms with Crippen LogP contribution in [0.25, 0.3) is 11.2 Å². The molecule has 0 saturated heterocycles. The van der Waals surface area contributed by atoms with Crippen LogP contribution in [-0.2, 0) is 14.1 Å². The van der Waals surface area contributed by atoms with Gasteiger partial charge in [0.25, 0.3) is 11.5 Å². The lowest BCUT2D eigenvalue weighted by molar-refractivity contribution is 0.0940. The monoisotopic (exact) mass is 349 g/mol. The van der Waals surface area contributed by atoms with E-state index >= 15 is 0 Å². The van der Waals surface area contributed by atoms with Crippen LogP contribution in [0.5, 0.6) is 0 Å². The fourth-order valence-corrected chi connectivity index (χ4v) is 2.47. The Balaban J connectivity index is 2.15. The van der Waals surface area contributed by atoms with E-state index in [1.807, 2.05) is 0 Å². The SMILES string of the molecule is CCN(CC)CCCNC(=O)c1nnc2c(n1)c(=O)n(C)c(=O)n2C. The van der Waals surface area contributed by atoms with Gasteiger partial charge in [-0.15, -0.1) is 10.2 Å². The van der Waals surface area contributed by atoms with E-state index in [1.165, 1.54) is 18.7 Å². The Bertz CT molecular complexity index is 883. The zero-order chi connectivity index (χ0) is 18.6. The number of amides is 1. The van der Waals surface area contributed by atoms with E-state index in [0.717, 1.165) is 30.6 Å². The molecule has 0 unspecified atom stereocenters. The fraction of sp³-hybridized carbons (Fsp3) is 0.600. The number of hydrogen-bond donors (Lipinski definition) is 1. The summed E-state index contributed by atoms with van der Waals surface area (Å²) >= 11 is 0. The molecule has 1 amide bonds. The third-order valence-corrected chi connectivity index (χ3v) is 4.10. The highest BCUT2D eigenvalue weighted by Crippen LogP contribution is 2.00. The molecule has 10 nitrogen and oxygen atoms in total. The molecule has 0 spiro atoms. The van der Waals surface area contributed by atoms with Crippen molar-refractivity contribution in [3.63, 3.8) is 0 Å². The Morgan fingerprint density at radius 2 is 1.80 bits per heavy atom. The normalized spacial score (nSPS) is 11.2. The van der Waals surface area contributed by atoms with Gasteiger partial charge in [-0.1, -0.05) is 13.8 Å². The molecule has 2 rings (SSSR count). The molecule has 0 aliphatic heterocycles. The minimum absolute atomic E-state index is 0.0474. The number of rotatable bonds is 7. The van der Waals surface area contributed by atoms with Crippen LogP contribution in [0.2, 0.25) is 0 Å². The topological polar surface area (TPSA) is 115 Å². The molecule has 0 fully saturated rings. The zero-order valence-corrected chi connectivity index (χ0v) is 14.9. The maximum Gasteiger partial charge on any atom is 0.332 e. The van der Waals surface area contributed by atoms with Crippen molar-refractivity contribution in [3.8, 4) is 0 Å². The minimum Gasteiger partial charge on any atom is -0.349 e. The van der Waals surface area contributed by atoms with Crippen molar-refractivity contribution >= 4 is 17.1 Å². The van der Waals surface area contributed by atoms with E-state index < -0.39 is 17.2 Å². The lowest BCUT2D eigenvalue weighted by Gasteiger charge is -2.17. The highest BCUT2D eigenvalue weighted by atomic mass is 16.2. The number of carbonyl (C=O) groups is 1. The molecular weight excluding hydrogens is 326 g/mol. The fourth-order valence-electron chi connectivity index (χ4n) is 2.47. The highest BCUT2D eigenvalue weighted by Gasteiger charge is 2.16. The van der Waals surface area contributed by atoms with Gasteiger partial charge in [0.15, 0.2) is 11.2 Å². The van der Waals surface area contributed by atoms with Gasteiger partial charge < -0.3 is 10.2 Å². The quantitative estimate of drug-likeness (QED) is 0.630. The van der Waals surface area contributed by atoms with E-state index in [9.17, 15) is 14.4 Å². The van der Waals surface area contributed by atoms with Crippen LogP contribution in [0.15, 0.2) is 9.59 Å². The van der Waals surface area contributed by atoms with Gasteiger partial charge in [-0.3, -0.25) is 18.7 Å². The van der Waals surface area contributed by atoms with Gasteiger partial charge in [0.1, 0.15) is 0 Å². The molecule has 0 saturated carbocycles. The molecule has 2 aromatic rings. The Kier molecular flexibility index (Phi) is 5.97. The van der Waals surface area contributed by atoms with Crippen LogP contribution in [0.4, 0.5) is 0 Å². The molecule has 0 aromatic carbocycles. The van der Waals surface area contributed by atoms with Gasteiger partial charge in [-0.05, 0) is 26.1 Å². The van der Waals surface area contributed by atoms with E-state index in [1.54, 1.807) is 0 Å². The van der Waals surface area contributed by atoms with E-state index in [4.69, 9.17) is 0 Å². The van der Waals surface area contributed by atoms with Gasteiger partial charge in [-0.25, -0.2) is 9.78 Å². The molecule has 0 aliphatic carbocycles. The third-order valence-electron chi connectivity index (χ3n) is 4.10. The molecule has 1 N–H and O–H groups in total. The summed E-state index contributed by atoms with van der Waals surface area (Å²) in [5.41, 5.74) is -1.15. The molecule has 136 valence electrons. The summed E-state index contributed by atoms with van der Waals surface area (Å²) in [6.45, 7) is 7.46. The van der Waals surface area contributed by atoms with Crippen molar-refractivity contribution in [1.29, 1.82) is 0 Å². The number of aromatic nitrogens is 5. The molecule has 2 heterocycles. The third kappa shape index (κ3) is 3.90. The Labute approximate surface area is 144 Å². The molecule has 0 bridgehead atoms. The van der Waals surface area contributed by atoms with Crippen molar-refractivity contribution in [3.05, 3.63) is 26.7 Å². The molecule has 0 atom stereocenters. The number of fused-ring (bicyclic) bond motifs is 1. The van der Waals surface area contributed by atoms with Crippen molar-refractivity contribution in [1.82, 2.24) is 34.5 Å². The van der Waals surface area contributed by atoms with Crippen molar-refractivity contribution in [2.24, 2.45) is 14.1 Å². The lowest BCUT2D eigenvalue weighted by atomic mass is 10.3. The smallest absolute Gasteiger partial charge is 0.332 e. The zero-order valence-electron chi connectivity index (χ0n) is 14.9. The molecular formula is C15H23N7O3. The first-order valence-electron chi connectivity index (χ1n) is 8.21. The van der Waals surface area contributed by atoms with Crippen LogP contribution in [0.1, 0.15) is 30.9 Å². The van der Waals surface area contributed by atoms with Crippen molar-refractivity contribution in [2.75, 3.05) is 26.2 Å². The summed E-state index contributed by atoms with van der Waals surface area (Å²) in [5, 5.41) is 10.3. The Morgan fingerprint density at radius 1 is 1.12 bits per heavy atom. The first-order chi connectivity index (χ1) is 11.9. The molecule has 0 aliphatic rings. The number of hydrogen-bond acceptors (Lipinski definition) is 7. The first-order valence-corrected chi connectivity index (χ1v) is 8.21. The summed E-state index contributed by atoms with van der Waals surface area (Å²) in [5.74, 6) is -0.684. The standard InChI is InChI=1S/C15H23N7O3/c1-5-22(6-2)9-7-8-16-13(23)11-17-10-12(19-18-11)20(3)15(25)21(4)14(10)24/h5-9H2,1-4H3,(H,16,23). The average molecular weight is 349 g/mol. The Morgan fingerprint density at radius 3 is 2.44 bits per heavy atom. The van der Waals surface area contributed by atoms with Crippen molar-refractivity contribution < 1.29 is 4.79 Å². The second-order valence-corrected chi connectivity index (χ2v) is 5.65. The van der Waals surface area contributed by atoms with Crippen LogP contribution in [0, 0.1) is 0 Å². The molecule has 2 aromatic heterocycles. The second-order valence-electron chi connectivity index (χ2n) is 5.65. The molecule has 25 heavy (non-hydrogen) atoms. The Hall–Kier alpha value is -2.62. The van der Waals surface area contributed by atoms with Gasteiger partial charge in [-0.2, -0.15) is 0 Å². The predicted molar refractivity (Wildman–Crippen MR) is 92.6 cm³/mol. The van der Waals surface area contributed by atoms with Crippen LogP contribution >= 0.6 is 0 Å². The number of aryl methyl sites for hydroxylation is 1. The second kappa shape index (κ2) is 7.97. The van der Waals surface area contributed by atoms with Gasteiger partial charge in [0.05, 0.1) is 0 Å². The van der Waals surface area contributed by atoms with Gasteiger partial charge in [0, 0.05) is 20.6 Å². The lowest BCUT2D eigenvalue weighted by Crippen LogP contribution is -2.38. The van der Waals surface area contributed by atoms with E-state index in [-0.39, 0.29) is 17.0 Å². The minimum atomic E-state index is -0.608. The number of nitrogens with zero attached hydrogens (tertiary/aromatic N) is 6. The predicted octanol–water partition coefficient (Wildman–Crippen LogP) is -1.12. The van der Waals surface area contributed by atoms with Crippen LogP contribution in [-0.4, -0.2) is 61.3 Å². The number of carbonyl (C=O) groups excluding carboxylic acids is 1. The maximum atomic E-state index is 12.2. The summed E-state index contributed by atoms with van der Waals surface area (Å²) in [6, 6.07) is 0. The summed E-state index contributed by atoms with van der Waals surface area (Å²) < 4.78 is 2.09. The summed E-state index contributed by atoms with van der Waals surface area (Å²) in [7, 11) is 2.81. The van der Waals surface area contributed by atoms with E-state index in [2.05, 4.69) is 39.2 Å². The van der Waals surface area contributed by atoms with Crippen molar-refractivity contribution in [2.45, 2.75) is 20.3 Å². The summed E-state index contributed by atoms with van der Waals surface area (Å²) in [4.78, 5) is 42.4. The largest absolute Gasteiger partial charge is 0.349 e.